The second-order valence-corrected chi connectivity index (χ2v) is 19.5. The van der Waals surface area contributed by atoms with Gasteiger partial charge in [-0.1, -0.05) is 68.9 Å². The van der Waals surface area contributed by atoms with Gasteiger partial charge in [-0.25, -0.2) is 19.8 Å². The number of fused-ring (bicyclic) bond motifs is 2. The zero-order valence-electron chi connectivity index (χ0n) is 30.8. The van der Waals surface area contributed by atoms with Crippen LogP contribution < -0.4 is 9.70 Å². The molecule has 49 heavy (non-hydrogen) atoms. The molecule has 2 aromatic heterocycles. The summed E-state index contributed by atoms with van der Waals surface area (Å²) >= 11 is 1.50. The summed E-state index contributed by atoms with van der Waals surface area (Å²) in [7, 11) is -0.667. The minimum Gasteiger partial charge on any atom is -0.455 e. The van der Waals surface area contributed by atoms with Crippen LogP contribution in [-0.2, 0) is 35.6 Å². The molecule has 8 nitrogen and oxygen atoms in total. The molecule has 0 radical (unpaired) electrons. The number of carbonyl (C=O) groups excluding carboxylic acids is 2. The van der Waals surface area contributed by atoms with E-state index in [0.29, 0.717) is 41.8 Å². The van der Waals surface area contributed by atoms with Crippen LogP contribution in [0.1, 0.15) is 91.9 Å². The molecule has 0 saturated carbocycles. The summed E-state index contributed by atoms with van der Waals surface area (Å²) < 4.78 is 14.9. The average Bonchev–Trinajstić information content (AvgIpc) is 3.41. The molecule has 0 atom stereocenters. The topological polar surface area (TPSA) is 86.0 Å². The normalized spacial score (nSPS) is 13.9. The number of carbonyl (C=O) groups is 2. The molecule has 2 aromatic carbocycles. The van der Waals surface area contributed by atoms with Gasteiger partial charge >= 0.3 is 5.97 Å². The van der Waals surface area contributed by atoms with Gasteiger partial charge in [-0.15, -0.1) is 0 Å². The van der Waals surface area contributed by atoms with Crippen LogP contribution in [0, 0.1) is 0 Å². The molecule has 1 amide bonds. The third-order valence-electron chi connectivity index (χ3n) is 8.03. The highest BCUT2D eigenvalue weighted by molar-refractivity contribution is 8.32. The maximum atomic E-state index is 13.9. The lowest BCUT2D eigenvalue weighted by Crippen LogP contribution is -2.33. The van der Waals surface area contributed by atoms with Crippen molar-refractivity contribution < 1.29 is 19.1 Å². The van der Waals surface area contributed by atoms with Gasteiger partial charge in [0.25, 0.3) is 5.91 Å². The molecule has 0 fully saturated rings. The number of nitrogens with zero attached hydrogens (tertiary/aromatic N) is 4. The standard InChI is InChI=1S/C37H48N4O4S2.C2H6/c1-8-9-13-27-18-19-32(38-33(27)35(43)45-37(2,3)4)40-21-20-26-14-12-15-28(29(26)24-40)34(42)39-36-41(25-44-22-23-47(5,6)7)30-16-10-11-17-31(30)46-36;1-2/h10-12,14-19H,8-9,13,20-25H2,1-7H3;1-2H3. The number of hydrogen-bond donors (Lipinski definition) is 0. The lowest BCUT2D eigenvalue weighted by Gasteiger charge is -2.31. The lowest BCUT2D eigenvalue weighted by atomic mass is 9.94. The van der Waals surface area contributed by atoms with Crippen LogP contribution in [0.4, 0.5) is 5.82 Å². The summed E-state index contributed by atoms with van der Waals surface area (Å²) in [5, 5.41) is 0. The summed E-state index contributed by atoms with van der Waals surface area (Å²) in [6.07, 6.45) is 10.3. The number of ether oxygens (including phenoxy) is 2. The van der Waals surface area contributed by atoms with Crippen molar-refractivity contribution in [2.75, 3.05) is 42.6 Å². The highest BCUT2D eigenvalue weighted by Crippen LogP contribution is 2.33. The first kappa shape index (κ1) is 38.3. The van der Waals surface area contributed by atoms with Crippen LogP contribution in [0.15, 0.2) is 59.6 Å². The first-order valence-corrected chi connectivity index (χ1v) is 21.2. The van der Waals surface area contributed by atoms with Crippen molar-refractivity contribution in [3.8, 4) is 0 Å². The van der Waals surface area contributed by atoms with E-state index in [0.717, 1.165) is 64.9 Å². The van der Waals surface area contributed by atoms with Gasteiger partial charge in [0.05, 0.1) is 16.8 Å². The van der Waals surface area contributed by atoms with Crippen LogP contribution >= 0.6 is 21.4 Å². The van der Waals surface area contributed by atoms with Gasteiger partial charge in [0.1, 0.15) is 18.1 Å². The fourth-order valence-corrected chi connectivity index (χ4v) is 7.18. The van der Waals surface area contributed by atoms with Gasteiger partial charge in [0.15, 0.2) is 10.5 Å². The van der Waals surface area contributed by atoms with Crippen LogP contribution in [0.3, 0.4) is 0 Å². The monoisotopic (exact) mass is 706 g/mol. The fourth-order valence-electron chi connectivity index (χ4n) is 5.55. The zero-order chi connectivity index (χ0) is 35.8. The molecule has 1 aliphatic heterocycles. The molecule has 0 unspecified atom stereocenters. The van der Waals surface area contributed by atoms with Gasteiger partial charge in [0.2, 0.25) is 0 Å². The van der Waals surface area contributed by atoms with E-state index >= 15 is 0 Å². The predicted octanol–water partition coefficient (Wildman–Crippen LogP) is 8.39. The summed E-state index contributed by atoms with van der Waals surface area (Å²) in [4.78, 5) is 39.5. The van der Waals surface area contributed by atoms with E-state index in [1.54, 1.807) is 0 Å². The van der Waals surface area contributed by atoms with E-state index < -0.39 is 21.6 Å². The molecule has 3 heterocycles. The molecule has 4 aromatic rings. The number of esters is 1. The SMILES string of the molecule is CC.CCCCc1ccc(N2CCc3cccc(C(=O)N=c4sc5ccccc5n4COCCS(C)(C)C)c3C2)nc1C(=O)OC(C)(C)C. The number of thiazole rings is 1. The molecule has 0 spiro atoms. The molecular weight excluding hydrogens is 653 g/mol. The molecule has 266 valence electrons. The smallest absolute Gasteiger partial charge is 0.357 e. The summed E-state index contributed by atoms with van der Waals surface area (Å²) in [5.41, 5.74) is 4.31. The van der Waals surface area contributed by atoms with Crippen LogP contribution in [-0.4, -0.2) is 64.7 Å². The first-order valence-electron chi connectivity index (χ1n) is 17.3. The maximum Gasteiger partial charge on any atom is 0.357 e. The Kier molecular flexibility index (Phi) is 13.3. The van der Waals surface area contributed by atoms with Crippen molar-refractivity contribution in [3.63, 3.8) is 0 Å². The molecule has 5 rings (SSSR count). The molecule has 0 saturated heterocycles. The first-order chi connectivity index (χ1) is 23.3. The minimum absolute atomic E-state index is 0.277. The van der Waals surface area contributed by atoms with Crippen molar-refractivity contribution in [3.05, 3.63) is 87.3 Å². The number of unbranched alkanes of at least 4 members (excludes halogenated alkanes) is 1. The summed E-state index contributed by atoms with van der Waals surface area (Å²) in [5.74, 6) is 1.04. The molecular formula is C39H54N4O4S2. The highest BCUT2D eigenvalue weighted by atomic mass is 32.3. The molecule has 0 N–H and O–H groups in total. The van der Waals surface area contributed by atoms with Crippen LogP contribution in [0.2, 0.25) is 0 Å². The van der Waals surface area contributed by atoms with Crippen molar-refractivity contribution in [2.45, 2.75) is 86.1 Å². The van der Waals surface area contributed by atoms with Crippen LogP contribution in [0.5, 0.6) is 0 Å². The Bertz CT molecular complexity index is 1810. The molecule has 0 aliphatic carbocycles. The van der Waals surface area contributed by atoms with Crippen molar-refractivity contribution in [1.82, 2.24) is 9.55 Å². The maximum absolute atomic E-state index is 13.9. The average molecular weight is 707 g/mol. The van der Waals surface area contributed by atoms with Gasteiger partial charge in [0, 0.05) is 24.4 Å². The summed E-state index contributed by atoms with van der Waals surface area (Å²) in [6, 6.07) is 18.0. The largest absolute Gasteiger partial charge is 0.455 e. The Labute approximate surface area is 297 Å². The van der Waals surface area contributed by atoms with Crippen molar-refractivity contribution in [2.24, 2.45) is 4.99 Å². The predicted molar refractivity (Wildman–Crippen MR) is 206 cm³/mol. The van der Waals surface area contributed by atoms with E-state index in [1.807, 2.05) is 87.7 Å². The van der Waals surface area contributed by atoms with Gasteiger partial charge in [-0.3, -0.25) is 9.36 Å². The van der Waals surface area contributed by atoms with Crippen molar-refractivity contribution >= 4 is 49.3 Å². The Morgan fingerprint density at radius 1 is 1.02 bits per heavy atom. The fraction of sp³-hybridized carbons (Fsp3) is 0.487. The quantitative estimate of drug-likeness (QED) is 0.115. The number of para-hydroxylation sites is 1. The van der Waals surface area contributed by atoms with Gasteiger partial charge in [-0.2, -0.15) is 4.99 Å². The molecule has 1 aliphatic rings. The number of hydrogen-bond acceptors (Lipinski definition) is 7. The number of aromatic nitrogens is 2. The second kappa shape index (κ2) is 17.0. The minimum atomic E-state index is -0.667. The number of anilines is 1. The Balaban J connectivity index is 0.00000265. The van der Waals surface area contributed by atoms with Gasteiger partial charge < -0.3 is 14.4 Å². The van der Waals surface area contributed by atoms with E-state index in [4.69, 9.17) is 14.5 Å². The van der Waals surface area contributed by atoms with Crippen molar-refractivity contribution in [1.29, 1.82) is 0 Å². The Morgan fingerprint density at radius 2 is 1.78 bits per heavy atom. The number of rotatable bonds is 11. The Hall–Kier alpha value is -3.47. The van der Waals surface area contributed by atoms with E-state index in [9.17, 15) is 9.59 Å². The third-order valence-corrected chi connectivity index (χ3v) is 10.5. The van der Waals surface area contributed by atoms with E-state index in [1.165, 1.54) is 11.3 Å². The molecule has 0 bridgehead atoms. The second-order valence-electron chi connectivity index (χ2n) is 13.9. The van der Waals surface area contributed by atoms with Gasteiger partial charge in [-0.05, 0) is 99.8 Å². The zero-order valence-corrected chi connectivity index (χ0v) is 32.4. The third kappa shape index (κ3) is 10.3. The molecule has 10 heteroatoms. The summed E-state index contributed by atoms with van der Waals surface area (Å²) in [6.45, 7) is 14.0. The van der Waals surface area contributed by atoms with E-state index in [2.05, 4.69) is 41.6 Å². The Morgan fingerprint density at radius 3 is 2.49 bits per heavy atom. The lowest BCUT2D eigenvalue weighted by molar-refractivity contribution is 0.00614. The highest BCUT2D eigenvalue weighted by Gasteiger charge is 2.26. The number of aryl methyl sites for hydroxylation is 1. The number of benzene rings is 2. The van der Waals surface area contributed by atoms with Crippen LogP contribution in [0.25, 0.3) is 10.2 Å². The van der Waals surface area contributed by atoms with E-state index in [-0.39, 0.29) is 5.91 Å². The number of amides is 1. The number of pyridine rings is 1.